The number of piperidine rings is 1. The van der Waals surface area contributed by atoms with Gasteiger partial charge in [0, 0.05) is 18.3 Å². The summed E-state index contributed by atoms with van der Waals surface area (Å²) in [5, 5.41) is 4.85. The van der Waals surface area contributed by atoms with Crippen LogP contribution in [-0.2, 0) is 4.79 Å². The number of nitrogens with one attached hydrogen (secondary N) is 1. The molecule has 0 saturated carbocycles. The molecular formula is C20H24N2O4S. The monoisotopic (exact) mass is 388 g/mol. The maximum absolute atomic E-state index is 13.0. The summed E-state index contributed by atoms with van der Waals surface area (Å²) < 4.78 is 10.6. The number of ether oxygens (including phenoxy) is 2. The number of methoxy groups -OCH3 is 2. The number of amides is 2. The summed E-state index contributed by atoms with van der Waals surface area (Å²) in [6.45, 7) is 2.49. The van der Waals surface area contributed by atoms with Gasteiger partial charge in [-0.25, -0.2) is 0 Å². The lowest BCUT2D eigenvalue weighted by Crippen LogP contribution is -2.49. The van der Waals surface area contributed by atoms with E-state index in [0.29, 0.717) is 35.0 Å². The highest BCUT2D eigenvalue weighted by Gasteiger charge is 2.33. The number of nitrogens with zero attached hydrogens (tertiary/aromatic N) is 1. The summed E-state index contributed by atoms with van der Waals surface area (Å²) in [6.07, 6.45) is 2.50. The highest BCUT2D eigenvalue weighted by Crippen LogP contribution is 2.33. The maximum atomic E-state index is 13.0. The Bertz CT molecular complexity index is 820. The minimum absolute atomic E-state index is 0.0751. The average molecular weight is 388 g/mol. The number of likely N-dealkylation sites (tertiary alicyclic amines) is 1. The second-order valence-corrected chi connectivity index (χ2v) is 7.45. The van der Waals surface area contributed by atoms with Crippen LogP contribution in [0.4, 0.5) is 5.69 Å². The molecule has 6 nitrogen and oxygen atoms in total. The first kappa shape index (κ1) is 19.2. The molecule has 0 spiro atoms. The molecule has 1 fully saturated rings. The number of benzene rings is 1. The van der Waals surface area contributed by atoms with Crippen LogP contribution >= 0.6 is 11.3 Å². The first-order valence-electron chi connectivity index (χ1n) is 8.93. The lowest BCUT2D eigenvalue weighted by molar-refractivity contribution is -0.121. The molecule has 1 atom stereocenters. The fraction of sp³-hybridized carbons (Fsp3) is 0.400. The SMILES string of the molecule is COc1cc(C)c(NC(=O)[C@@H]2CCCCN2C(=O)c2cccs2)cc1OC. The van der Waals surface area contributed by atoms with Gasteiger partial charge in [-0.3, -0.25) is 9.59 Å². The Kier molecular flexibility index (Phi) is 6.01. The van der Waals surface area contributed by atoms with E-state index in [-0.39, 0.29) is 11.8 Å². The fourth-order valence-electron chi connectivity index (χ4n) is 3.32. The Morgan fingerprint density at radius 3 is 2.59 bits per heavy atom. The van der Waals surface area contributed by atoms with Crippen LogP contribution in [0.25, 0.3) is 0 Å². The number of anilines is 1. The highest BCUT2D eigenvalue weighted by molar-refractivity contribution is 7.12. The molecule has 7 heteroatoms. The third kappa shape index (κ3) is 4.08. The number of carbonyl (C=O) groups is 2. The van der Waals surface area contributed by atoms with Gasteiger partial charge in [0.05, 0.1) is 19.1 Å². The van der Waals surface area contributed by atoms with Gasteiger partial charge in [0.25, 0.3) is 5.91 Å². The number of thiophene rings is 1. The van der Waals surface area contributed by atoms with E-state index >= 15 is 0 Å². The molecule has 1 aromatic heterocycles. The first-order chi connectivity index (χ1) is 13.0. The molecule has 1 aromatic carbocycles. The van der Waals surface area contributed by atoms with Gasteiger partial charge in [0.15, 0.2) is 11.5 Å². The molecule has 3 rings (SSSR count). The van der Waals surface area contributed by atoms with E-state index in [2.05, 4.69) is 5.32 Å². The predicted molar refractivity (Wildman–Crippen MR) is 106 cm³/mol. The summed E-state index contributed by atoms with van der Waals surface area (Å²) in [5.41, 5.74) is 1.53. The third-order valence-electron chi connectivity index (χ3n) is 4.79. The summed E-state index contributed by atoms with van der Waals surface area (Å²) >= 11 is 1.40. The summed E-state index contributed by atoms with van der Waals surface area (Å²) in [5.74, 6) is 0.914. The standard InChI is InChI=1S/C20H24N2O4S/c1-13-11-16(25-2)17(26-3)12-14(13)21-19(23)15-7-4-5-9-22(15)20(24)18-8-6-10-27-18/h6,8,10-12,15H,4-5,7,9H2,1-3H3,(H,21,23)/t15-/m0/s1. The molecule has 1 N–H and O–H groups in total. The van der Waals surface area contributed by atoms with E-state index in [9.17, 15) is 9.59 Å². The number of carbonyl (C=O) groups excluding carboxylic acids is 2. The van der Waals surface area contributed by atoms with E-state index in [0.717, 1.165) is 18.4 Å². The third-order valence-corrected chi connectivity index (χ3v) is 5.64. The van der Waals surface area contributed by atoms with Crippen molar-refractivity contribution in [2.24, 2.45) is 0 Å². The zero-order valence-corrected chi connectivity index (χ0v) is 16.6. The van der Waals surface area contributed by atoms with Gasteiger partial charge in [0.1, 0.15) is 6.04 Å². The van der Waals surface area contributed by atoms with Gasteiger partial charge in [0.2, 0.25) is 5.91 Å². The number of aryl methyl sites for hydroxylation is 1. The Hall–Kier alpha value is -2.54. The number of rotatable bonds is 5. The molecule has 2 aromatic rings. The van der Waals surface area contributed by atoms with Gasteiger partial charge in [-0.15, -0.1) is 11.3 Å². The Morgan fingerprint density at radius 1 is 1.19 bits per heavy atom. The summed E-state index contributed by atoms with van der Waals surface area (Å²) in [4.78, 5) is 28.1. The molecule has 1 saturated heterocycles. The van der Waals surface area contributed by atoms with Crippen molar-refractivity contribution in [1.82, 2.24) is 4.90 Å². The highest BCUT2D eigenvalue weighted by atomic mass is 32.1. The summed E-state index contributed by atoms with van der Waals surface area (Å²) in [6, 6.07) is 6.75. The van der Waals surface area contributed by atoms with Crippen LogP contribution in [0, 0.1) is 6.92 Å². The topological polar surface area (TPSA) is 67.9 Å². The Morgan fingerprint density at radius 2 is 1.93 bits per heavy atom. The number of hydrogen-bond donors (Lipinski definition) is 1. The van der Waals surface area contributed by atoms with Crippen molar-refractivity contribution in [2.45, 2.75) is 32.2 Å². The van der Waals surface area contributed by atoms with Gasteiger partial charge < -0.3 is 19.7 Å². The second-order valence-electron chi connectivity index (χ2n) is 6.50. The lowest BCUT2D eigenvalue weighted by atomic mass is 10.0. The zero-order chi connectivity index (χ0) is 19.4. The Balaban J connectivity index is 1.80. The van der Waals surface area contributed by atoms with Crippen molar-refractivity contribution >= 4 is 28.8 Å². The second kappa shape index (κ2) is 8.43. The molecule has 27 heavy (non-hydrogen) atoms. The largest absolute Gasteiger partial charge is 0.493 e. The van der Waals surface area contributed by atoms with E-state index < -0.39 is 6.04 Å². The van der Waals surface area contributed by atoms with Crippen molar-refractivity contribution in [3.05, 3.63) is 40.1 Å². The molecule has 0 bridgehead atoms. The van der Waals surface area contributed by atoms with Crippen LogP contribution in [0.15, 0.2) is 29.6 Å². The van der Waals surface area contributed by atoms with Crippen LogP contribution in [0.1, 0.15) is 34.5 Å². The maximum Gasteiger partial charge on any atom is 0.264 e. The first-order valence-corrected chi connectivity index (χ1v) is 9.81. The van der Waals surface area contributed by atoms with Crippen LogP contribution in [-0.4, -0.2) is 43.5 Å². The van der Waals surface area contributed by atoms with Crippen molar-refractivity contribution < 1.29 is 19.1 Å². The van der Waals surface area contributed by atoms with Gasteiger partial charge in [-0.1, -0.05) is 6.07 Å². The molecule has 2 heterocycles. The van der Waals surface area contributed by atoms with Crippen LogP contribution < -0.4 is 14.8 Å². The molecule has 0 aliphatic carbocycles. The quantitative estimate of drug-likeness (QED) is 0.848. The average Bonchev–Trinajstić information content (AvgIpc) is 3.23. The normalized spacial score (nSPS) is 16.7. The predicted octanol–water partition coefficient (Wildman–Crippen LogP) is 3.71. The molecule has 2 amide bonds. The van der Waals surface area contributed by atoms with Crippen LogP contribution in [0.3, 0.4) is 0 Å². The van der Waals surface area contributed by atoms with Gasteiger partial charge >= 0.3 is 0 Å². The lowest BCUT2D eigenvalue weighted by Gasteiger charge is -2.34. The van der Waals surface area contributed by atoms with Gasteiger partial charge in [-0.2, -0.15) is 0 Å². The zero-order valence-electron chi connectivity index (χ0n) is 15.8. The molecular weight excluding hydrogens is 364 g/mol. The van der Waals surface area contributed by atoms with Crippen molar-refractivity contribution in [1.29, 1.82) is 0 Å². The number of hydrogen-bond acceptors (Lipinski definition) is 5. The van der Waals surface area contributed by atoms with E-state index in [4.69, 9.17) is 9.47 Å². The molecule has 1 aliphatic heterocycles. The van der Waals surface area contributed by atoms with E-state index in [1.165, 1.54) is 11.3 Å². The van der Waals surface area contributed by atoms with Gasteiger partial charge in [-0.05, 0) is 49.3 Å². The molecule has 1 aliphatic rings. The molecule has 0 radical (unpaired) electrons. The van der Waals surface area contributed by atoms with Crippen molar-refractivity contribution in [3.8, 4) is 11.5 Å². The van der Waals surface area contributed by atoms with E-state index in [1.54, 1.807) is 31.3 Å². The van der Waals surface area contributed by atoms with Crippen LogP contribution in [0.5, 0.6) is 11.5 Å². The summed E-state index contributed by atoms with van der Waals surface area (Å²) in [7, 11) is 3.13. The minimum Gasteiger partial charge on any atom is -0.493 e. The smallest absolute Gasteiger partial charge is 0.264 e. The molecule has 144 valence electrons. The molecule has 0 unspecified atom stereocenters. The fourth-order valence-corrected chi connectivity index (χ4v) is 4.00. The Labute approximate surface area is 163 Å². The van der Waals surface area contributed by atoms with Crippen molar-refractivity contribution in [2.75, 3.05) is 26.1 Å². The van der Waals surface area contributed by atoms with Crippen LogP contribution in [0.2, 0.25) is 0 Å². The van der Waals surface area contributed by atoms with E-state index in [1.807, 2.05) is 24.4 Å². The van der Waals surface area contributed by atoms with Crippen molar-refractivity contribution in [3.63, 3.8) is 0 Å². The minimum atomic E-state index is -0.471.